The van der Waals surface area contributed by atoms with Gasteiger partial charge in [-0.15, -0.1) is 0 Å². The monoisotopic (exact) mass is 282 g/mol. The van der Waals surface area contributed by atoms with Crippen LogP contribution in [0.15, 0.2) is 30.3 Å². The van der Waals surface area contributed by atoms with Gasteiger partial charge in [0.15, 0.2) is 5.78 Å². The molecule has 0 amide bonds. The summed E-state index contributed by atoms with van der Waals surface area (Å²) in [6.07, 6.45) is 0. The average molecular weight is 282 g/mol. The first-order chi connectivity index (χ1) is 9.51. The van der Waals surface area contributed by atoms with Crippen molar-refractivity contribution in [2.24, 2.45) is 0 Å². The second kappa shape index (κ2) is 4.98. The van der Waals surface area contributed by atoms with Gasteiger partial charge < -0.3 is 0 Å². The topological polar surface area (TPSA) is 17.1 Å². The predicted octanol–water partition coefficient (Wildman–Crippen LogP) is 5.64. The van der Waals surface area contributed by atoms with Crippen LogP contribution in [0.5, 0.6) is 0 Å². The summed E-state index contributed by atoms with van der Waals surface area (Å²) >= 11 is 0. The molecule has 0 aliphatic heterocycles. The lowest BCUT2D eigenvalue weighted by atomic mass is 9.78. The van der Waals surface area contributed by atoms with Gasteiger partial charge in [0.05, 0.1) is 0 Å². The molecule has 0 fully saturated rings. The van der Waals surface area contributed by atoms with E-state index in [2.05, 4.69) is 71.9 Å². The number of hydrogen-bond donors (Lipinski definition) is 0. The van der Waals surface area contributed by atoms with Gasteiger partial charge in [-0.2, -0.15) is 0 Å². The Kier molecular flexibility index (Phi) is 3.73. The average Bonchev–Trinajstić information content (AvgIpc) is 2.34. The zero-order valence-corrected chi connectivity index (χ0v) is 14.3. The van der Waals surface area contributed by atoms with E-state index in [1.807, 2.05) is 0 Å². The van der Waals surface area contributed by atoms with E-state index >= 15 is 0 Å². The van der Waals surface area contributed by atoms with Gasteiger partial charge in [0.1, 0.15) is 0 Å². The fourth-order valence-corrected chi connectivity index (χ4v) is 2.89. The van der Waals surface area contributed by atoms with E-state index in [0.717, 1.165) is 11.1 Å². The van der Waals surface area contributed by atoms with Crippen molar-refractivity contribution < 1.29 is 4.79 Å². The summed E-state index contributed by atoms with van der Waals surface area (Å²) in [5.74, 6) is 0.144. The summed E-state index contributed by atoms with van der Waals surface area (Å²) in [5, 5.41) is 2.42. The molecule has 1 heteroatoms. The van der Waals surface area contributed by atoms with E-state index in [4.69, 9.17) is 0 Å². The van der Waals surface area contributed by atoms with Crippen LogP contribution in [-0.2, 0) is 10.8 Å². The second-order valence-electron chi connectivity index (χ2n) is 7.98. The second-order valence-corrected chi connectivity index (χ2v) is 7.98. The van der Waals surface area contributed by atoms with Crippen LogP contribution >= 0.6 is 0 Å². The number of fused-ring (bicyclic) bond motifs is 1. The fourth-order valence-electron chi connectivity index (χ4n) is 2.89. The molecule has 2 rings (SSSR count). The van der Waals surface area contributed by atoms with Crippen LogP contribution in [0.4, 0.5) is 0 Å². The largest absolute Gasteiger partial charge is 0.295 e. The van der Waals surface area contributed by atoms with Gasteiger partial charge >= 0.3 is 0 Å². The van der Waals surface area contributed by atoms with Gasteiger partial charge in [0.25, 0.3) is 0 Å². The van der Waals surface area contributed by atoms with Gasteiger partial charge in [0, 0.05) is 5.56 Å². The lowest BCUT2D eigenvalue weighted by molar-refractivity contribution is 0.101. The molecule has 0 heterocycles. The van der Waals surface area contributed by atoms with Crippen LogP contribution < -0.4 is 0 Å². The molecule has 0 spiro atoms. The summed E-state index contributed by atoms with van der Waals surface area (Å²) in [6.45, 7) is 14.8. The Morgan fingerprint density at radius 1 is 0.857 bits per heavy atom. The quantitative estimate of drug-likeness (QED) is 0.619. The number of Topliss-reactive ketones (excluding diaryl/α,β-unsaturated/α-hetero) is 1. The first-order valence-corrected chi connectivity index (χ1v) is 7.60. The molecular formula is C20H26O. The predicted molar refractivity (Wildman–Crippen MR) is 91.4 cm³/mol. The first-order valence-electron chi connectivity index (χ1n) is 7.60. The van der Waals surface area contributed by atoms with Gasteiger partial charge in [-0.3, -0.25) is 4.79 Å². The van der Waals surface area contributed by atoms with E-state index in [9.17, 15) is 4.79 Å². The molecule has 0 atom stereocenters. The summed E-state index contributed by atoms with van der Waals surface area (Å²) in [5.41, 5.74) is 3.31. The van der Waals surface area contributed by atoms with E-state index in [1.165, 1.54) is 16.3 Å². The Bertz CT molecular complexity index is 694. The number of carbonyl (C=O) groups is 1. The number of hydrogen-bond acceptors (Lipinski definition) is 1. The maximum Gasteiger partial charge on any atom is 0.160 e. The minimum Gasteiger partial charge on any atom is -0.295 e. The van der Waals surface area contributed by atoms with Crippen molar-refractivity contribution in [1.29, 1.82) is 0 Å². The molecule has 0 N–H and O–H groups in total. The Hall–Kier alpha value is -1.63. The van der Waals surface area contributed by atoms with E-state index in [1.54, 1.807) is 6.92 Å². The highest BCUT2D eigenvalue weighted by Crippen LogP contribution is 2.35. The molecule has 2 aromatic carbocycles. The van der Waals surface area contributed by atoms with Crippen molar-refractivity contribution in [2.75, 3.05) is 0 Å². The van der Waals surface area contributed by atoms with Crippen molar-refractivity contribution in [1.82, 2.24) is 0 Å². The fraction of sp³-hybridized carbons (Fsp3) is 0.450. The van der Waals surface area contributed by atoms with Gasteiger partial charge in [-0.05, 0) is 51.8 Å². The summed E-state index contributed by atoms with van der Waals surface area (Å²) in [4.78, 5) is 12.1. The van der Waals surface area contributed by atoms with Crippen LogP contribution in [-0.4, -0.2) is 5.78 Å². The Labute approximate surface area is 128 Å². The number of carbonyl (C=O) groups excluding carboxylic acids is 1. The first kappa shape index (κ1) is 15.8. The van der Waals surface area contributed by atoms with E-state index in [-0.39, 0.29) is 16.6 Å². The highest BCUT2D eigenvalue weighted by Gasteiger charge is 2.23. The molecule has 112 valence electrons. The van der Waals surface area contributed by atoms with Crippen molar-refractivity contribution in [3.63, 3.8) is 0 Å². The molecular weight excluding hydrogens is 256 g/mol. The van der Waals surface area contributed by atoms with E-state index in [0.29, 0.717) is 0 Å². The normalized spacial score (nSPS) is 12.7. The Balaban J connectivity index is 2.89. The van der Waals surface area contributed by atoms with Crippen LogP contribution in [0.25, 0.3) is 10.8 Å². The zero-order valence-electron chi connectivity index (χ0n) is 14.3. The smallest absolute Gasteiger partial charge is 0.160 e. The molecule has 1 nitrogen and oxygen atoms in total. The third kappa shape index (κ3) is 3.02. The van der Waals surface area contributed by atoms with Gasteiger partial charge in [-0.25, -0.2) is 0 Å². The maximum absolute atomic E-state index is 12.1. The van der Waals surface area contributed by atoms with E-state index < -0.39 is 0 Å². The van der Waals surface area contributed by atoms with Crippen molar-refractivity contribution in [3.8, 4) is 0 Å². The van der Waals surface area contributed by atoms with Gasteiger partial charge in [0.2, 0.25) is 0 Å². The number of benzene rings is 2. The van der Waals surface area contributed by atoms with Crippen LogP contribution in [0.3, 0.4) is 0 Å². The molecule has 0 bridgehead atoms. The summed E-state index contributed by atoms with van der Waals surface area (Å²) in [7, 11) is 0. The zero-order chi connectivity index (χ0) is 16.0. The minimum atomic E-state index is -0.0348. The standard InChI is InChI=1S/C20H26O/c1-13(21)15-12-16-14(11-18(15)20(5,6)7)9-8-10-17(16)19(2,3)4/h8-12H,1-7H3. The molecule has 0 aliphatic rings. The van der Waals surface area contributed by atoms with Crippen molar-refractivity contribution in [3.05, 3.63) is 47.0 Å². The Morgan fingerprint density at radius 3 is 1.90 bits per heavy atom. The molecule has 0 aromatic heterocycles. The number of rotatable bonds is 1. The van der Waals surface area contributed by atoms with Crippen LogP contribution in [0.2, 0.25) is 0 Å². The molecule has 0 saturated heterocycles. The highest BCUT2D eigenvalue weighted by atomic mass is 16.1. The van der Waals surface area contributed by atoms with Crippen LogP contribution in [0.1, 0.15) is 70.0 Å². The summed E-state index contributed by atoms with van der Waals surface area (Å²) in [6, 6.07) is 10.7. The third-order valence-electron chi connectivity index (χ3n) is 4.01. The minimum absolute atomic E-state index is 0.0348. The van der Waals surface area contributed by atoms with Crippen LogP contribution in [0, 0.1) is 0 Å². The molecule has 2 aromatic rings. The van der Waals surface area contributed by atoms with Crippen molar-refractivity contribution >= 4 is 16.6 Å². The third-order valence-corrected chi connectivity index (χ3v) is 4.01. The molecule has 0 unspecified atom stereocenters. The molecule has 21 heavy (non-hydrogen) atoms. The molecule has 0 saturated carbocycles. The van der Waals surface area contributed by atoms with Crippen molar-refractivity contribution in [2.45, 2.75) is 59.3 Å². The lowest BCUT2D eigenvalue weighted by Gasteiger charge is -2.26. The highest BCUT2D eigenvalue weighted by molar-refractivity contribution is 6.01. The van der Waals surface area contributed by atoms with Gasteiger partial charge in [-0.1, -0.05) is 59.7 Å². The number of ketones is 1. The summed E-state index contributed by atoms with van der Waals surface area (Å²) < 4.78 is 0. The maximum atomic E-state index is 12.1. The Morgan fingerprint density at radius 2 is 1.43 bits per heavy atom. The lowest BCUT2D eigenvalue weighted by Crippen LogP contribution is -2.17. The molecule has 0 aliphatic carbocycles. The SMILES string of the molecule is CC(=O)c1cc2c(C(C)(C)C)cccc2cc1C(C)(C)C. The molecule has 0 radical (unpaired) electrons.